The number of carbonyl (C=O) groups is 14. The van der Waals surface area contributed by atoms with Crippen molar-refractivity contribution >= 4 is 83.6 Å². The molecule has 0 aromatic heterocycles. The summed E-state index contributed by atoms with van der Waals surface area (Å²) in [4.78, 5) is 153. The largest absolute Gasteiger partial charge is 0.481 e. The Hall–Kier alpha value is -10.5. The minimum Gasteiger partial charge on any atom is -0.481 e. The van der Waals surface area contributed by atoms with Gasteiger partial charge in [-0.15, -0.1) is 0 Å². The highest BCUT2D eigenvalue weighted by Crippen LogP contribution is 2.24. The minimum absolute atomic E-state index is 0.0411. The summed E-state index contributed by atoms with van der Waals surface area (Å²) in [5.41, 5.74) is 7.24. The van der Waals surface area contributed by atoms with E-state index < -0.39 is 138 Å². The van der Waals surface area contributed by atoms with E-state index in [1.165, 1.54) is 0 Å². The van der Waals surface area contributed by atoms with Gasteiger partial charge in [0.05, 0.1) is 73.0 Å². The third-order valence-corrected chi connectivity index (χ3v) is 17.1. The molecule has 8 unspecified atom stereocenters. The highest BCUT2D eigenvalue weighted by molar-refractivity contribution is 5.80. The monoisotopic (exact) mass is 1450 g/mol. The molecule has 0 spiro atoms. The lowest BCUT2D eigenvalue weighted by atomic mass is 9.92. The van der Waals surface area contributed by atoms with Crippen LogP contribution in [0.3, 0.4) is 0 Å². The van der Waals surface area contributed by atoms with Gasteiger partial charge in [0.1, 0.15) is 0 Å². The van der Waals surface area contributed by atoms with E-state index in [0.717, 1.165) is 52.6 Å². The van der Waals surface area contributed by atoms with Crippen LogP contribution in [0.5, 0.6) is 0 Å². The third kappa shape index (κ3) is 41.7. The predicted octanol–water partition coefficient (Wildman–Crippen LogP) is 10.7. The summed E-state index contributed by atoms with van der Waals surface area (Å²) < 4.78 is 0. The summed E-state index contributed by atoms with van der Waals surface area (Å²) in [5.74, 6) is -20.6. The van der Waals surface area contributed by atoms with E-state index >= 15 is 0 Å². The van der Waals surface area contributed by atoms with Crippen molar-refractivity contribution in [2.45, 2.75) is 187 Å². The van der Waals surface area contributed by atoms with E-state index in [2.05, 4.69) is 0 Å². The molecule has 4 aromatic carbocycles. The zero-order chi connectivity index (χ0) is 77.7. The van der Waals surface area contributed by atoms with Crippen LogP contribution < -0.4 is 0 Å². The maximum Gasteiger partial charge on any atom is 0.307 e. The molecule has 28 heteroatoms. The number of benzene rings is 4. The first-order valence-electron chi connectivity index (χ1n) is 34.0. The lowest BCUT2D eigenvalue weighted by Gasteiger charge is -2.13. The van der Waals surface area contributed by atoms with Crippen LogP contribution in [0.15, 0.2) is 97.1 Å². The number of carboxylic acid groups (broad SMARTS) is 14. The van der Waals surface area contributed by atoms with E-state index in [1.54, 1.807) is 36.4 Å². The first kappa shape index (κ1) is 90.5. The smallest absolute Gasteiger partial charge is 0.307 e. The van der Waals surface area contributed by atoms with E-state index in [0.29, 0.717) is 94.6 Å². The fraction of sp³-hybridized carbons (Fsp3) is 0.493. The molecule has 4 aromatic rings. The van der Waals surface area contributed by atoms with Crippen LogP contribution >= 0.6 is 0 Å². The average Bonchev–Trinajstić information content (AvgIpc) is 0.879. The molecule has 0 aliphatic carbocycles. The van der Waals surface area contributed by atoms with E-state index in [1.807, 2.05) is 74.5 Å². The zero-order valence-electron chi connectivity index (χ0n) is 57.9. The summed E-state index contributed by atoms with van der Waals surface area (Å²) in [5, 5.41) is 125. The zero-order valence-corrected chi connectivity index (χ0v) is 57.9. The van der Waals surface area contributed by atoms with Gasteiger partial charge in [0.25, 0.3) is 0 Å². The molecular weight excluding hydrogens is 1350 g/mol. The molecular formula is C75H98O28. The SMILES string of the molecule is CCC(CCCc1ccc(CCCC(CC(=O)O)C(=O)O)cc1)C(=O)O.CCCC(Cc1ccc(CC(CCC(=O)O)C(=O)O)cc1)C(=O)O.O=C(O)CC(Cc1ccc(CC(CC(=O)O)C(=O)O)cc1)C(=O)O.O=C(O)CCC(CCCc1ccc(CCCC(CC(=O)O)C(=O)O)cc1)C(=O)O. The second-order valence-electron chi connectivity index (χ2n) is 25.4. The van der Waals surface area contributed by atoms with Gasteiger partial charge in [-0.25, -0.2) is 0 Å². The standard InChI is InChI=1S/C21H28O8.C20H28O6.C18H24O6.C16H18O8/c22-18(23)12-11-16(20(26)27)5-1-3-14-7-9-15(10-8-14)4-2-6-17(21(28)29)13-19(24)25;1-2-16(19(23)24)7-3-5-14-9-11-15(12-10-14)6-4-8-17(20(25)26)13-18(21)22;1-2-3-14(17(21)22)10-12-4-6-13(7-5-12)11-15(18(23)24)8-9-16(19)20;17-13(18)7-11(15(21)22)5-9-1-2-10(4-3-9)6-12(16(23)24)8-14(19)20/h7-10,16-17H,1-6,11-13H2,(H,22,23)(H,24,25)(H,26,27)(H,28,29);9-12,16-17H,2-8,13H2,1H3,(H,21,22)(H,23,24)(H,25,26);4-7,14-15H,2-3,8-11H2,1H3,(H,19,20)(H,21,22)(H,23,24);1-4,11-12H,5-8H2,(H,17,18)(H,19,20)(H,21,22)(H,23,24). The van der Waals surface area contributed by atoms with E-state index in [4.69, 9.17) is 61.3 Å². The van der Waals surface area contributed by atoms with Crippen molar-refractivity contribution in [1.29, 1.82) is 0 Å². The van der Waals surface area contributed by atoms with Gasteiger partial charge in [-0.2, -0.15) is 0 Å². The van der Waals surface area contributed by atoms with Gasteiger partial charge in [-0.3, -0.25) is 67.1 Å². The summed E-state index contributed by atoms with van der Waals surface area (Å²) in [6.45, 7) is 3.83. The van der Waals surface area contributed by atoms with E-state index in [9.17, 15) is 77.3 Å². The molecule has 14 N–H and O–H groups in total. The predicted molar refractivity (Wildman–Crippen MR) is 369 cm³/mol. The fourth-order valence-electron chi connectivity index (χ4n) is 11.1. The fourth-order valence-corrected chi connectivity index (χ4v) is 11.1. The van der Waals surface area contributed by atoms with Gasteiger partial charge in [-0.05, 0) is 173 Å². The van der Waals surface area contributed by atoms with Crippen LogP contribution in [0.4, 0.5) is 0 Å². The highest BCUT2D eigenvalue weighted by atomic mass is 16.4. The summed E-state index contributed by atoms with van der Waals surface area (Å²) in [7, 11) is 0. The molecule has 8 atom stereocenters. The number of rotatable bonds is 49. The minimum atomic E-state index is -1.20. The Bertz CT molecular complexity index is 3300. The molecule has 28 nitrogen and oxygen atoms in total. The molecule has 0 saturated heterocycles. The Morgan fingerprint density at radius 1 is 0.233 bits per heavy atom. The van der Waals surface area contributed by atoms with Crippen LogP contribution in [0.1, 0.15) is 180 Å². The topological polar surface area (TPSA) is 522 Å². The molecule has 103 heavy (non-hydrogen) atoms. The van der Waals surface area contributed by atoms with Gasteiger partial charge in [0.2, 0.25) is 0 Å². The molecule has 566 valence electrons. The first-order valence-corrected chi connectivity index (χ1v) is 34.0. The van der Waals surface area contributed by atoms with Crippen molar-refractivity contribution in [3.8, 4) is 0 Å². The molecule has 0 radical (unpaired) electrons. The maximum atomic E-state index is 11.2. The van der Waals surface area contributed by atoms with Crippen molar-refractivity contribution in [2.75, 3.05) is 0 Å². The van der Waals surface area contributed by atoms with Crippen LogP contribution in [-0.4, -0.2) is 155 Å². The van der Waals surface area contributed by atoms with Crippen LogP contribution in [0, 0.1) is 47.3 Å². The second kappa shape index (κ2) is 49.9. The Kier molecular flexibility index (Phi) is 43.8. The first-order chi connectivity index (χ1) is 48.5. The number of aliphatic carboxylic acids is 14. The van der Waals surface area contributed by atoms with Crippen molar-refractivity contribution in [1.82, 2.24) is 0 Å². The Morgan fingerprint density at radius 3 is 0.660 bits per heavy atom. The van der Waals surface area contributed by atoms with E-state index in [-0.39, 0.29) is 63.7 Å². The quantitative estimate of drug-likeness (QED) is 0.0195. The molecule has 0 fully saturated rings. The Morgan fingerprint density at radius 2 is 0.437 bits per heavy atom. The molecule has 0 aliphatic heterocycles. The van der Waals surface area contributed by atoms with Crippen LogP contribution in [0.25, 0.3) is 0 Å². The van der Waals surface area contributed by atoms with Gasteiger partial charge in [0, 0.05) is 12.8 Å². The molecule has 0 heterocycles. The molecule has 0 amide bonds. The maximum absolute atomic E-state index is 11.2. The lowest BCUT2D eigenvalue weighted by Crippen LogP contribution is -2.21. The van der Waals surface area contributed by atoms with Crippen molar-refractivity contribution in [3.05, 3.63) is 142 Å². The second-order valence-corrected chi connectivity index (χ2v) is 25.4. The Balaban J connectivity index is 0.000000689. The van der Waals surface area contributed by atoms with Gasteiger partial charge < -0.3 is 71.5 Å². The summed E-state index contributed by atoms with van der Waals surface area (Å²) in [6.07, 6.45) is 8.37. The number of aryl methyl sites for hydroxylation is 4. The molecule has 0 saturated carbocycles. The molecule has 0 aliphatic rings. The highest BCUT2D eigenvalue weighted by Gasteiger charge is 2.26. The van der Waals surface area contributed by atoms with Gasteiger partial charge in [-0.1, -0.05) is 117 Å². The number of hydrogen-bond acceptors (Lipinski definition) is 14. The summed E-state index contributed by atoms with van der Waals surface area (Å²) in [6, 6.07) is 29.3. The molecule has 4 rings (SSSR count). The van der Waals surface area contributed by atoms with Gasteiger partial charge in [0.15, 0.2) is 0 Å². The Labute approximate surface area is 596 Å². The normalized spacial score (nSPS) is 13.0. The van der Waals surface area contributed by atoms with Gasteiger partial charge >= 0.3 is 83.6 Å². The van der Waals surface area contributed by atoms with Crippen LogP contribution in [-0.2, 0) is 118 Å². The summed E-state index contributed by atoms with van der Waals surface area (Å²) >= 11 is 0. The third-order valence-electron chi connectivity index (χ3n) is 17.1. The molecule has 0 bridgehead atoms. The van der Waals surface area contributed by atoms with Crippen molar-refractivity contribution in [3.63, 3.8) is 0 Å². The number of carboxylic acids is 14. The van der Waals surface area contributed by atoms with Crippen LogP contribution in [0.2, 0.25) is 0 Å². The average molecular weight is 1450 g/mol. The number of hydrogen-bond donors (Lipinski definition) is 14. The lowest BCUT2D eigenvalue weighted by molar-refractivity contribution is -0.148. The van der Waals surface area contributed by atoms with Crippen molar-refractivity contribution in [2.24, 2.45) is 47.3 Å². The van der Waals surface area contributed by atoms with Crippen molar-refractivity contribution < 1.29 is 139 Å².